The van der Waals surface area contributed by atoms with Crippen LogP contribution in [0.4, 0.5) is 0 Å². The Hall–Kier alpha value is -0.940. The van der Waals surface area contributed by atoms with E-state index in [1.54, 1.807) is 0 Å². The third-order valence-corrected chi connectivity index (χ3v) is 4.15. The number of nitrogens with one attached hydrogen (secondary N) is 1. The summed E-state index contributed by atoms with van der Waals surface area (Å²) in [5.41, 5.74) is 5.66. The maximum Gasteiger partial charge on any atom is 0.182 e. The monoisotopic (exact) mass is 266 g/mol. The van der Waals surface area contributed by atoms with Crippen molar-refractivity contribution in [3.05, 3.63) is 11.6 Å². The van der Waals surface area contributed by atoms with E-state index in [0.29, 0.717) is 18.6 Å². The van der Waals surface area contributed by atoms with Gasteiger partial charge in [-0.15, -0.1) is 0 Å². The number of aromatic nitrogens is 3. The predicted molar refractivity (Wildman–Crippen MR) is 74.7 cm³/mol. The molecule has 5 heteroatoms. The van der Waals surface area contributed by atoms with Crippen molar-refractivity contribution in [1.82, 2.24) is 15.2 Å². The summed E-state index contributed by atoms with van der Waals surface area (Å²) in [6, 6.07) is 0. The molecule has 1 fully saturated rings. The minimum absolute atomic E-state index is 0.298. The van der Waals surface area contributed by atoms with Crippen LogP contribution in [0.5, 0.6) is 0 Å². The molecule has 1 aliphatic rings. The Morgan fingerprint density at radius 2 is 1.95 bits per heavy atom. The van der Waals surface area contributed by atoms with Crippen molar-refractivity contribution in [1.29, 1.82) is 0 Å². The van der Waals surface area contributed by atoms with E-state index in [4.69, 9.17) is 10.5 Å². The molecule has 0 radical (unpaired) electrons. The molecule has 0 amide bonds. The quantitative estimate of drug-likeness (QED) is 0.856. The molecule has 3 N–H and O–H groups in total. The van der Waals surface area contributed by atoms with Gasteiger partial charge in [0.05, 0.1) is 0 Å². The van der Waals surface area contributed by atoms with Crippen molar-refractivity contribution in [3.8, 4) is 0 Å². The van der Waals surface area contributed by atoms with Crippen molar-refractivity contribution in [2.24, 2.45) is 11.1 Å². The van der Waals surface area contributed by atoms with Crippen LogP contribution in [0.1, 0.15) is 58.1 Å². The van der Waals surface area contributed by atoms with E-state index in [1.807, 2.05) is 6.92 Å². The molecule has 2 rings (SSSR count). The normalized spacial score (nSPS) is 21.5. The summed E-state index contributed by atoms with van der Waals surface area (Å²) >= 11 is 0. The maximum atomic E-state index is 6.07. The van der Waals surface area contributed by atoms with Crippen molar-refractivity contribution >= 4 is 0 Å². The largest absolute Gasteiger partial charge is 0.367 e. The first-order valence-corrected chi connectivity index (χ1v) is 7.27. The van der Waals surface area contributed by atoms with Crippen molar-refractivity contribution in [2.45, 2.75) is 58.5 Å². The number of nitrogens with two attached hydrogens (primary N) is 1. The van der Waals surface area contributed by atoms with Gasteiger partial charge in [-0.05, 0) is 44.6 Å². The van der Waals surface area contributed by atoms with Crippen molar-refractivity contribution < 1.29 is 4.74 Å². The van der Waals surface area contributed by atoms with Gasteiger partial charge in [0.1, 0.15) is 11.4 Å². The molecule has 19 heavy (non-hydrogen) atoms. The highest BCUT2D eigenvalue weighted by molar-refractivity contribution is 5.06. The predicted octanol–water partition coefficient (Wildman–Crippen LogP) is 2.14. The number of rotatable bonds is 5. The molecule has 0 atom stereocenters. The van der Waals surface area contributed by atoms with Gasteiger partial charge >= 0.3 is 0 Å². The molecule has 1 aromatic heterocycles. The lowest BCUT2D eigenvalue weighted by Gasteiger charge is -2.41. The third-order valence-electron chi connectivity index (χ3n) is 4.15. The summed E-state index contributed by atoms with van der Waals surface area (Å²) in [6.45, 7) is 7.96. The van der Waals surface area contributed by atoms with Crippen LogP contribution in [0.3, 0.4) is 0 Å². The second-order valence-corrected chi connectivity index (χ2v) is 6.24. The molecule has 1 saturated carbocycles. The fraction of sp³-hybridized carbons (Fsp3) is 0.857. The summed E-state index contributed by atoms with van der Waals surface area (Å²) in [5, 5.41) is 7.37. The lowest BCUT2D eigenvalue weighted by atomic mass is 9.70. The van der Waals surface area contributed by atoms with Crippen LogP contribution in [-0.2, 0) is 16.8 Å². The van der Waals surface area contributed by atoms with Gasteiger partial charge in [-0.2, -0.15) is 5.10 Å². The van der Waals surface area contributed by atoms with Crippen LogP contribution in [0.2, 0.25) is 0 Å². The Morgan fingerprint density at radius 3 is 2.53 bits per heavy atom. The SMILES string of the molecule is CCOC1(c2n[nH]c(CCN)n2)CCC(C)(C)CC1. The van der Waals surface area contributed by atoms with Gasteiger partial charge < -0.3 is 10.5 Å². The van der Waals surface area contributed by atoms with Gasteiger partial charge in [0.25, 0.3) is 0 Å². The van der Waals surface area contributed by atoms with E-state index in [-0.39, 0.29) is 5.60 Å². The zero-order valence-corrected chi connectivity index (χ0v) is 12.3. The Morgan fingerprint density at radius 1 is 1.26 bits per heavy atom. The Bertz CT molecular complexity index is 403. The van der Waals surface area contributed by atoms with Gasteiger partial charge in [0, 0.05) is 13.0 Å². The first kappa shape index (κ1) is 14.5. The first-order chi connectivity index (χ1) is 9.01. The molecule has 0 bridgehead atoms. The van der Waals surface area contributed by atoms with Crippen LogP contribution in [0, 0.1) is 5.41 Å². The minimum atomic E-state index is -0.298. The Labute approximate surface area is 115 Å². The summed E-state index contributed by atoms with van der Waals surface area (Å²) in [6.07, 6.45) is 5.02. The van der Waals surface area contributed by atoms with Crippen molar-refractivity contribution in [2.75, 3.05) is 13.2 Å². The lowest BCUT2D eigenvalue weighted by molar-refractivity contribution is -0.0946. The molecule has 0 spiro atoms. The van der Waals surface area contributed by atoms with Gasteiger partial charge in [-0.25, -0.2) is 4.98 Å². The highest BCUT2D eigenvalue weighted by atomic mass is 16.5. The standard InChI is InChI=1S/C14H26N4O/c1-4-19-14(8-6-13(2,3)7-9-14)12-16-11(5-10-15)17-18-12/h4-10,15H2,1-3H3,(H,16,17,18). The van der Waals surface area contributed by atoms with E-state index >= 15 is 0 Å². The highest BCUT2D eigenvalue weighted by Gasteiger charge is 2.43. The number of hydrogen-bond donors (Lipinski definition) is 2. The summed E-state index contributed by atoms with van der Waals surface area (Å²) in [5.74, 6) is 1.68. The number of H-pyrrole nitrogens is 1. The fourth-order valence-corrected chi connectivity index (χ4v) is 2.79. The Kier molecular flexibility index (Phi) is 4.26. The number of aromatic amines is 1. The first-order valence-electron chi connectivity index (χ1n) is 7.27. The van der Waals surface area contributed by atoms with Crippen molar-refractivity contribution in [3.63, 3.8) is 0 Å². The van der Waals surface area contributed by atoms with E-state index < -0.39 is 0 Å². The van der Waals surface area contributed by atoms with Crippen LogP contribution in [-0.4, -0.2) is 28.3 Å². The van der Waals surface area contributed by atoms with Gasteiger partial charge in [0.2, 0.25) is 0 Å². The molecule has 1 heterocycles. The average Bonchev–Trinajstić information content (AvgIpc) is 2.82. The lowest BCUT2D eigenvalue weighted by Crippen LogP contribution is -2.38. The molecular formula is C14H26N4O. The van der Waals surface area contributed by atoms with Crippen LogP contribution in [0.25, 0.3) is 0 Å². The minimum Gasteiger partial charge on any atom is -0.367 e. The molecule has 0 saturated heterocycles. The smallest absolute Gasteiger partial charge is 0.182 e. The summed E-state index contributed by atoms with van der Waals surface area (Å²) in [7, 11) is 0. The number of hydrogen-bond acceptors (Lipinski definition) is 4. The zero-order chi connectivity index (χ0) is 13.9. The van der Waals surface area contributed by atoms with E-state index in [1.165, 1.54) is 0 Å². The number of ether oxygens (including phenoxy) is 1. The van der Waals surface area contributed by atoms with E-state index in [9.17, 15) is 0 Å². The van der Waals surface area contributed by atoms with Gasteiger partial charge in [0.15, 0.2) is 5.82 Å². The highest BCUT2D eigenvalue weighted by Crippen LogP contribution is 2.46. The van der Waals surface area contributed by atoms with E-state index in [2.05, 4.69) is 29.0 Å². The molecule has 5 nitrogen and oxygen atoms in total. The number of nitrogens with zero attached hydrogens (tertiary/aromatic N) is 2. The molecule has 0 unspecified atom stereocenters. The second-order valence-electron chi connectivity index (χ2n) is 6.24. The Balaban J connectivity index is 2.19. The van der Waals surface area contributed by atoms with Gasteiger partial charge in [-0.3, -0.25) is 5.10 Å². The third kappa shape index (κ3) is 3.15. The molecule has 0 aliphatic heterocycles. The molecular weight excluding hydrogens is 240 g/mol. The van der Waals surface area contributed by atoms with Crippen LogP contribution >= 0.6 is 0 Å². The van der Waals surface area contributed by atoms with Crippen LogP contribution < -0.4 is 5.73 Å². The maximum absolute atomic E-state index is 6.07. The summed E-state index contributed by atoms with van der Waals surface area (Å²) in [4.78, 5) is 4.59. The molecule has 0 aromatic carbocycles. The topological polar surface area (TPSA) is 76.8 Å². The second kappa shape index (κ2) is 5.59. The van der Waals surface area contributed by atoms with E-state index in [0.717, 1.165) is 43.8 Å². The molecule has 1 aliphatic carbocycles. The van der Waals surface area contributed by atoms with Gasteiger partial charge in [-0.1, -0.05) is 13.8 Å². The zero-order valence-electron chi connectivity index (χ0n) is 12.3. The average molecular weight is 266 g/mol. The van der Waals surface area contributed by atoms with Crippen LogP contribution in [0.15, 0.2) is 0 Å². The molecule has 1 aromatic rings. The molecule has 108 valence electrons. The fourth-order valence-electron chi connectivity index (χ4n) is 2.79. The summed E-state index contributed by atoms with van der Waals surface area (Å²) < 4.78 is 6.07.